The van der Waals surface area contributed by atoms with Crippen LogP contribution in [-0.4, -0.2) is 64.5 Å². The number of benzene rings is 2. The molecule has 238 valence electrons. The Bertz CT molecular complexity index is 1730. The Kier molecular flexibility index (Phi) is 7.50. The molecule has 46 heavy (non-hydrogen) atoms. The minimum absolute atomic E-state index is 0.0921. The predicted octanol–water partition coefficient (Wildman–Crippen LogP) is 3.24. The number of fused-ring (bicyclic) bond motifs is 1. The Morgan fingerprint density at radius 3 is 2.61 bits per heavy atom. The fourth-order valence-corrected chi connectivity index (χ4v) is 5.60. The van der Waals surface area contributed by atoms with Gasteiger partial charge in [0.15, 0.2) is 12.4 Å². The molecule has 7 rings (SSSR count). The highest BCUT2D eigenvalue weighted by molar-refractivity contribution is 6.16. The molecule has 12 nitrogen and oxygen atoms in total. The number of rotatable bonds is 5. The predicted molar refractivity (Wildman–Crippen MR) is 164 cm³/mol. The Morgan fingerprint density at radius 2 is 1.87 bits per heavy atom. The van der Waals surface area contributed by atoms with E-state index in [0.717, 1.165) is 22.8 Å². The number of aliphatic hydroxyl groups is 1. The number of amidine groups is 1. The van der Waals surface area contributed by atoms with Crippen molar-refractivity contribution >= 4 is 23.1 Å². The second kappa shape index (κ2) is 11.7. The topological polar surface area (TPSA) is 131 Å². The Hall–Kier alpha value is -5.12. The van der Waals surface area contributed by atoms with Crippen molar-refractivity contribution in [3.8, 4) is 0 Å². The van der Waals surface area contributed by atoms with Crippen molar-refractivity contribution in [1.82, 2.24) is 26.2 Å². The number of alkyl halides is 3. The van der Waals surface area contributed by atoms with E-state index in [0.29, 0.717) is 36.1 Å². The van der Waals surface area contributed by atoms with E-state index in [1.54, 1.807) is 24.4 Å². The number of hydrogen-bond acceptors (Lipinski definition) is 11. The molecule has 0 amide bonds. The molecule has 0 aliphatic carbocycles. The molecule has 2 unspecified atom stereocenters. The van der Waals surface area contributed by atoms with Crippen molar-refractivity contribution in [2.24, 2.45) is 9.98 Å². The van der Waals surface area contributed by atoms with E-state index >= 15 is 0 Å². The number of aliphatic hydroxyl groups excluding tert-OH is 1. The van der Waals surface area contributed by atoms with E-state index in [2.05, 4.69) is 31.6 Å². The van der Waals surface area contributed by atoms with Crippen LogP contribution in [0.1, 0.15) is 23.7 Å². The first kappa shape index (κ1) is 29.6. The fraction of sp³-hybridized carbons (Fsp3) is 0.258. The molecule has 0 radical (unpaired) electrons. The molecule has 1 aromatic heterocycles. The number of aromatic nitrogens is 1. The molecule has 5 N–H and O–H groups in total. The summed E-state index contributed by atoms with van der Waals surface area (Å²) in [5.41, 5.74) is 11.4. The Balaban J connectivity index is 1.22. The molecular formula is C31H30F3N9O3. The average Bonchev–Trinajstić information content (AvgIpc) is 3.65. The molecular weight excluding hydrogens is 603 g/mol. The summed E-state index contributed by atoms with van der Waals surface area (Å²) >= 11 is 0. The zero-order valence-electron chi connectivity index (χ0n) is 24.5. The van der Waals surface area contributed by atoms with Gasteiger partial charge in [-0.3, -0.25) is 15.4 Å². The SMILES string of the molecule is CC1(C2=C(N3C=COCC3)N(c3ccc(C(F)(F)F)nc3)NC2)NN/C(=N\[C@H]2N=C(c3ccccc3)c3ccccc3NC2O)O1. The molecule has 1 fully saturated rings. The smallest absolute Gasteiger partial charge is 0.433 e. The quantitative estimate of drug-likeness (QED) is 0.286. The molecule has 3 atom stereocenters. The third-order valence-corrected chi connectivity index (χ3v) is 7.86. The van der Waals surface area contributed by atoms with Gasteiger partial charge < -0.3 is 24.8 Å². The van der Waals surface area contributed by atoms with Crippen LogP contribution in [0.15, 0.2) is 107 Å². The number of pyridine rings is 1. The summed E-state index contributed by atoms with van der Waals surface area (Å²) in [4.78, 5) is 15.1. The number of nitrogens with one attached hydrogen (secondary N) is 4. The van der Waals surface area contributed by atoms with Crippen molar-refractivity contribution in [3.63, 3.8) is 0 Å². The van der Waals surface area contributed by atoms with Gasteiger partial charge in [-0.15, -0.1) is 0 Å². The second-order valence-electron chi connectivity index (χ2n) is 10.9. The molecule has 4 aliphatic heterocycles. The number of benzodiazepines with no additional fused rings is 1. The summed E-state index contributed by atoms with van der Waals surface area (Å²) in [5, 5.41) is 15.9. The summed E-state index contributed by atoms with van der Waals surface area (Å²) in [5.74, 6) is 0.621. The summed E-state index contributed by atoms with van der Waals surface area (Å²) < 4.78 is 51.4. The third-order valence-electron chi connectivity index (χ3n) is 7.86. The largest absolute Gasteiger partial charge is 0.498 e. The number of halogens is 3. The van der Waals surface area contributed by atoms with Crippen LogP contribution in [0.2, 0.25) is 0 Å². The minimum atomic E-state index is -4.56. The highest BCUT2D eigenvalue weighted by Gasteiger charge is 2.45. The van der Waals surface area contributed by atoms with E-state index in [9.17, 15) is 18.3 Å². The molecule has 15 heteroatoms. The van der Waals surface area contributed by atoms with Gasteiger partial charge in [-0.1, -0.05) is 48.5 Å². The van der Waals surface area contributed by atoms with Crippen LogP contribution in [0.25, 0.3) is 0 Å². The zero-order chi connectivity index (χ0) is 31.9. The normalized spacial score (nSPS) is 25.3. The molecule has 2 aromatic carbocycles. The van der Waals surface area contributed by atoms with Gasteiger partial charge in [0.05, 0.1) is 30.4 Å². The fourth-order valence-electron chi connectivity index (χ4n) is 5.60. The monoisotopic (exact) mass is 633 g/mol. The van der Waals surface area contributed by atoms with Gasteiger partial charge in [0, 0.05) is 35.1 Å². The summed E-state index contributed by atoms with van der Waals surface area (Å²) in [6.45, 7) is 2.95. The number of hydrazine groups is 2. The highest BCUT2D eigenvalue weighted by Crippen LogP contribution is 2.36. The first-order chi connectivity index (χ1) is 22.2. The van der Waals surface area contributed by atoms with Crippen molar-refractivity contribution in [1.29, 1.82) is 0 Å². The van der Waals surface area contributed by atoms with Gasteiger partial charge in [0.1, 0.15) is 18.1 Å². The van der Waals surface area contributed by atoms with Crippen LogP contribution in [0, 0.1) is 0 Å². The van der Waals surface area contributed by atoms with Crippen LogP contribution in [0.4, 0.5) is 24.5 Å². The van der Waals surface area contributed by atoms with Crippen LogP contribution in [0.5, 0.6) is 0 Å². The maximum Gasteiger partial charge on any atom is 0.433 e. The highest BCUT2D eigenvalue weighted by atomic mass is 19.4. The number of hydrogen-bond donors (Lipinski definition) is 5. The van der Waals surface area contributed by atoms with Crippen LogP contribution < -0.4 is 26.6 Å². The van der Waals surface area contributed by atoms with Gasteiger partial charge in [-0.2, -0.15) is 18.6 Å². The van der Waals surface area contributed by atoms with E-state index in [1.165, 1.54) is 12.3 Å². The van der Waals surface area contributed by atoms with Crippen LogP contribution >= 0.6 is 0 Å². The van der Waals surface area contributed by atoms with Gasteiger partial charge in [-0.05, 0) is 25.1 Å². The molecule has 1 saturated heterocycles. The number of anilines is 2. The first-order valence-corrected chi connectivity index (χ1v) is 14.5. The number of nitrogens with zero attached hydrogens (tertiary/aromatic N) is 5. The Morgan fingerprint density at radius 1 is 1.07 bits per heavy atom. The van der Waals surface area contributed by atoms with Crippen molar-refractivity contribution < 1.29 is 27.8 Å². The number of aliphatic imine (C=N–C) groups is 2. The van der Waals surface area contributed by atoms with Crippen molar-refractivity contribution in [2.75, 3.05) is 30.0 Å². The number of ether oxygens (including phenoxy) is 2. The standard InChI is InChI=1S/C31H30F3N9O3/c1-30(22-18-36-43(28(22)42-13-15-45-16-14-42)20-11-12-24(35-17-20)31(32,33)34)41-40-29(46-30)39-26-27(44)37-23-10-6-5-9-21(23)25(38-26)19-7-3-2-4-8-19/h2-13,15,17,26-27,36-37,41,44H,14,16,18H2,1H3,(H,39,40)/t26-,27?,30?/m1/s1. The molecule has 0 spiro atoms. The molecule has 4 aliphatic rings. The third kappa shape index (κ3) is 5.59. The van der Waals surface area contributed by atoms with Gasteiger partial charge in [-0.25, -0.2) is 15.4 Å². The molecule has 5 heterocycles. The van der Waals surface area contributed by atoms with Gasteiger partial charge in [0.2, 0.25) is 5.72 Å². The summed E-state index contributed by atoms with van der Waals surface area (Å²) in [7, 11) is 0. The first-order valence-electron chi connectivity index (χ1n) is 14.5. The lowest BCUT2D eigenvalue weighted by Crippen LogP contribution is -2.46. The molecule has 0 saturated carbocycles. The van der Waals surface area contributed by atoms with Gasteiger partial charge >= 0.3 is 12.2 Å². The van der Waals surface area contributed by atoms with E-state index in [-0.39, 0.29) is 12.6 Å². The van der Waals surface area contributed by atoms with E-state index in [4.69, 9.17) is 14.5 Å². The van der Waals surface area contributed by atoms with E-state index in [1.807, 2.05) is 59.5 Å². The number of para-hydroxylation sites is 1. The van der Waals surface area contributed by atoms with Crippen molar-refractivity contribution in [2.45, 2.75) is 31.2 Å². The Labute approximate surface area is 261 Å². The van der Waals surface area contributed by atoms with Crippen LogP contribution in [-0.2, 0) is 15.7 Å². The lowest BCUT2D eigenvalue weighted by molar-refractivity contribution is -0.141. The second-order valence-corrected chi connectivity index (χ2v) is 10.9. The lowest BCUT2D eigenvalue weighted by atomic mass is 10.0. The van der Waals surface area contributed by atoms with Crippen molar-refractivity contribution in [3.05, 3.63) is 114 Å². The minimum Gasteiger partial charge on any atom is -0.498 e. The summed E-state index contributed by atoms with van der Waals surface area (Å²) in [6, 6.07) is 19.6. The van der Waals surface area contributed by atoms with Gasteiger partial charge in [0.25, 0.3) is 0 Å². The summed E-state index contributed by atoms with van der Waals surface area (Å²) in [6.07, 6.45) is -2.26. The maximum atomic E-state index is 13.2. The van der Waals surface area contributed by atoms with E-state index < -0.39 is 30.0 Å². The molecule has 0 bridgehead atoms. The molecule has 3 aromatic rings. The maximum absolute atomic E-state index is 13.2. The zero-order valence-corrected chi connectivity index (χ0v) is 24.5. The van der Waals surface area contributed by atoms with Crippen LogP contribution in [0.3, 0.4) is 0 Å². The average molecular weight is 634 g/mol. The lowest BCUT2D eigenvalue weighted by Gasteiger charge is -2.33.